The van der Waals surface area contributed by atoms with Gasteiger partial charge in [0.2, 0.25) is 0 Å². The van der Waals surface area contributed by atoms with Gasteiger partial charge < -0.3 is 0 Å². The predicted molar refractivity (Wildman–Crippen MR) is 65.0 cm³/mol. The van der Waals surface area contributed by atoms with E-state index in [0.717, 1.165) is 0 Å². The summed E-state index contributed by atoms with van der Waals surface area (Å²) in [6.45, 7) is 15.3. The van der Waals surface area contributed by atoms with E-state index in [1.54, 1.807) is 11.8 Å². The highest BCUT2D eigenvalue weighted by Crippen LogP contribution is 2.31. The van der Waals surface area contributed by atoms with Crippen molar-refractivity contribution in [2.75, 3.05) is 6.26 Å². The quantitative estimate of drug-likeness (QED) is 0.600. The van der Waals surface area contributed by atoms with Gasteiger partial charge in [-0.3, -0.25) is 0 Å². The van der Waals surface area contributed by atoms with Gasteiger partial charge in [0.1, 0.15) is 0 Å². The van der Waals surface area contributed by atoms with Crippen LogP contribution in [0.4, 0.5) is 0 Å². The van der Waals surface area contributed by atoms with Gasteiger partial charge in [0.25, 0.3) is 0 Å². The molecule has 13 heavy (non-hydrogen) atoms. The smallest absolute Gasteiger partial charge is 0.00314 e. The molecule has 0 aromatic carbocycles. The first-order valence-corrected chi connectivity index (χ1v) is 6.08. The molecule has 0 aromatic heterocycles. The molecule has 0 saturated heterocycles. The Morgan fingerprint density at radius 1 is 1.08 bits per heavy atom. The lowest BCUT2D eigenvalue weighted by atomic mass is 9.92. The molecule has 76 valence electrons. The molecular formula is C12H22S. The van der Waals surface area contributed by atoms with E-state index >= 15 is 0 Å². The maximum Gasteiger partial charge on any atom is 0.00314 e. The highest BCUT2D eigenvalue weighted by Gasteiger charge is 2.12. The third kappa shape index (κ3) is 3.60. The normalized spacial score (nSPS) is 13.5. The molecule has 0 aliphatic rings. The van der Waals surface area contributed by atoms with Crippen molar-refractivity contribution >= 4 is 11.8 Å². The average Bonchev–Trinajstić information content (AvgIpc) is 2.03. The van der Waals surface area contributed by atoms with Crippen molar-refractivity contribution in [2.24, 2.45) is 11.8 Å². The van der Waals surface area contributed by atoms with Crippen molar-refractivity contribution in [3.63, 3.8) is 0 Å². The van der Waals surface area contributed by atoms with Crippen LogP contribution in [0.15, 0.2) is 22.6 Å². The Morgan fingerprint density at radius 3 is 1.77 bits per heavy atom. The standard InChI is InChI=1S/C12H22S/c1-8(2)10(5)12(9(3)4)11(6)13-7/h8-9H,6H2,1-5,7H3/b12-10+. The molecule has 0 N–H and O–H groups in total. The zero-order chi connectivity index (χ0) is 10.6. The van der Waals surface area contributed by atoms with Crippen molar-refractivity contribution in [1.29, 1.82) is 0 Å². The van der Waals surface area contributed by atoms with E-state index in [2.05, 4.69) is 47.5 Å². The van der Waals surface area contributed by atoms with Crippen molar-refractivity contribution in [2.45, 2.75) is 34.6 Å². The van der Waals surface area contributed by atoms with E-state index in [0.29, 0.717) is 11.8 Å². The van der Waals surface area contributed by atoms with Crippen molar-refractivity contribution < 1.29 is 0 Å². The summed E-state index contributed by atoms with van der Waals surface area (Å²) in [4.78, 5) is 1.22. The molecule has 0 bridgehead atoms. The number of hydrogen-bond acceptors (Lipinski definition) is 1. The summed E-state index contributed by atoms with van der Waals surface area (Å²) in [6.07, 6.45) is 2.10. The molecule has 0 aliphatic carbocycles. The zero-order valence-corrected chi connectivity index (χ0v) is 10.6. The second-order valence-electron chi connectivity index (χ2n) is 4.03. The zero-order valence-electron chi connectivity index (χ0n) is 9.77. The largest absolute Gasteiger partial charge is 0.130 e. The van der Waals surface area contributed by atoms with Gasteiger partial charge in [-0.25, -0.2) is 0 Å². The maximum atomic E-state index is 4.10. The van der Waals surface area contributed by atoms with Crippen LogP contribution in [0.3, 0.4) is 0 Å². The Labute approximate surface area is 87.5 Å². The average molecular weight is 198 g/mol. The molecule has 1 heteroatoms. The summed E-state index contributed by atoms with van der Waals surface area (Å²) in [5, 5.41) is 0. The first kappa shape index (κ1) is 12.8. The fraction of sp³-hybridized carbons (Fsp3) is 0.667. The molecule has 0 fully saturated rings. The van der Waals surface area contributed by atoms with Gasteiger partial charge in [-0.05, 0) is 30.6 Å². The Bertz CT molecular complexity index is 209. The molecule has 0 radical (unpaired) electrons. The number of hydrogen-bond donors (Lipinski definition) is 0. The SMILES string of the molecule is C=C(SC)/C(=C(\C)C(C)C)C(C)C. The summed E-state index contributed by atoms with van der Waals surface area (Å²) in [5.41, 5.74) is 2.93. The Balaban J connectivity index is 5.00. The minimum atomic E-state index is 0.586. The van der Waals surface area contributed by atoms with Crippen molar-refractivity contribution in [3.05, 3.63) is 22.6 Å². The van der Waals surface area contributed by atoms with E-state index in [4.69, 9.17) is 0 Å². The van der Waals surface area contributed by atoms with Crippen LogP contribution in [0.2, 0.25) is 0 Å². The van der Waals surface area contributed by atoms with Gasteiger partial charge in [0, 0.05) is 4.91 Å². The lowest BCUT2D eigenvalue weighted by molar-refractivity contribution is 0.705. The van der Waals surface area contributed by atoms with E-state index in [-0.39, 0.29) is 0 Å². The van der Waals surface area contributed by atoms with Crippen LogP contribution < -0.4 is 0 Å². The van der Waals surface area contributed by atoms with Gasteiger partial charge in [0.05, 0.1) is 0 Å². The molecular weight excluding hydrogens is 176 g/mol. The minimum Gasteiger partial charge on any atom is -0.130 e. The second kappa shape index (κ2) is 5.54. The first-order chi connectivity index (χ1) is 5.91. The lowest BCUT2D eigenvalue weighted by Gasteiger charge is -2.19. The van der Waals surface area contributed by atoms with Crippen LogP contribution >= 0.6 is 11.8 Å². The summed E-state index contributed by atoms with van der Waals surface area (Å²) >= 11 is 1.75. The lowest BCUT2D eigenvalue weighted by Crippen LogP contribution is -2.03. The number of allylic oxidation sites excluding steroid dienone is 2. The molecule has 0 spiro atoms. The Hall–Kier alpha value is -0.170. The predicted octanol–water partition coefficient (Wildman–Crippen LogP) is 4.49. The molecule has 0 heterocycles. The fourth-order valence-electron chi connectivity index (χ4n) is 1.42. The van der Waals surface area contributed by atoms with E-state index in [9.17, 15) is 0 Å². The van der Waals surface area contributed by atoms with Gasteiger partial charge in [0.15, 0.2) is 0 Å². The maximum absolute atomic E-state index is 4.10. The fourth-order valence-corrected chi connectivity index (χ4v) is 2.03. The molecule has 0 aliphatic heterocycles. The van der Waals surface area contributed by atoms with Gasteiger partial charge in [-0.15, -0.1) is 11.8 Å². The topological polar surface area (TPSA) is 0 Å². The van der Waals surface area contributed by atoms with E-state index in [1.165, 1.54) is 16.1 Å². The summed E-state index contributed by atoms with van der Waals surface area (Å²) in [6, 6.07) is 0. The monoisotopic (exact) mass is 198 g/mol. The molecule has 0 saturated carbocycles. The summed E-state index contributed by atoms with van der Waals surface area (Å²) in [7, 11) is 0. The van der Waals surface area contributed by atoms with Gasteiger partial charge >= 0.3 is 0 Å². The summed E-state index contributed by atoms with van der Waals surface area (Å²) < 4.78 is 0. The second-order valence-corrected chi connectivity index (χ2v) is 4.93. The Kier molecular flexibility index (Phi) is 5.46. The number of rotatable bonds is 4. The third-order valence-electron chi connectivity index (χ3n) is 2.42. The van der Waals surface area contributed by atoms with Crippen molar-refractivity contribution in [3.8, 4) is 0 Å². The van der Waals surface area contributed by atoms with Crippen LogP contribution in [0, 0.1) is 11.8 Å². The van der Waals surface area contributed by atoms with Crippen LogP contribution in [-0.4, -0.2) is 6.26 Å². The number of thioether (sulfide) groups is 1. The van der Waals surface area contributed by atoms with Crippen LogP contribution in [0.25, 0.3) is 0 Å². The highest BCUT2D eigenvalue weighted by atomic mass is 32.2. The van der Waals surface area contributed by atoms with Crippen LogP contribution in [0.5, 0.6) is 0 Å². The van der Waals surface area contributed by atoms with E-state index < -0.39 is 0 Å². The third-order valence-corrected chi connectivity index (χ3v) is 3.13. The van der Waals surface area contributed by atoms with Crippen LogP contribution in [-0.2, 0) is 0 Å². The molecule has 0 amide bonds. The van der Waals surface area contributed by atoms with Gasteiger partial charge in [-0.2, -0.15) is 0 Å². The van der Waals surface area contributed by atoms with Crippen molar-refractivity contribution in [1.82, 2.24) is 0 Å². The van der Waals surface area contributed by atoms with Crippen LogP contribution in [0.1, 0.15) is 34.6 Å². The Morgan fingerprint density at radius 2 is 1.54 bits per heavy atom. The molecule has 0 atom stereocenters. The first-order valence-electron chi connectivity index (χ1n) is 4.85. The minimum absolute atomic E-state index is 0.586. The highest BCUT2D eigenvalue weighted by molar-refractivity contribution is 8.02. The molecule has 0 unspecified atom stereocenters. The summed E-state index contributed by atoms with van der Waals surface area (Å²) in [5.74, 6) is 1.21. The van der Waals surface area contributed by atoms with Gasteiger partial charge in [-0.1, -0.05) is 39.8 Å². The molecule has 0 nitrogen and oxygen atoms in total. The molecule has 0 aromatic rings. The molecule has 0 rings (SSSR count). The van der Waals surface area contributed by atoms with E-state index in [1.807, 2.05) is 0 Å².